The van der Waals surface area contributed by atoms with Crippen LogP contribution < -0.4 is 0 Å². The number of carbonyl (C=O) groups excluding carboxylic acids is 2. The van der Waals surface area contributed by atoms with Crippen molar-refractivity contribution in [1.29, 1.82) is 0 Å². The largest absolute Gasteiger partial charge is 0.465 e. The molecule has 4 nitrogen and oxygen atoms in total. The van der Waals surface area contributed by atoms with Crippen LogP contribution in [0.5, 0.6) is 0 Å². The van der Waals surface area contributed by atoms with Crippen LogP contribution in [0.1, 0.15) is 24.2 Å². The number of likely N-dealkylation sites (N-methyl/N-ethyl adjacent to an activating group) is 1. The average molecular weight is 264 g/mol. The molecule has 0 heterocycles. The van der Waals surface area contributed by atoms with E-state index in [4.69, 9.17) is 4.74 Å². The van der Waals surface area contributed by atoms with E-state index >= 15 is 0 Å². The Labute approximate surface area is 114 Å². The van der Waals surface area contributed by atoms with Crippen molar-refractivity contribution in [1.82, 2.24) is 0 Å². The zero-order valence-electron chi connectivity index (χ0n) is 11.9. The number of hydrogen-bond donors (Lipinski definition) is 0. The molecule has 19 heavy (non-hydrogen) atoms. The van der Waals surface area contributed by atoms with E-state index in [0.717, 1.165) is 13.1 Å². The van der Waals surface area contributed by atoms with E-state index in [0.29, 0.717) is 16.6 Å². The maximum absolute atomic E-state index is 12.3. The minimum atomic E-state index is -0.274. The minimum absolute atomic E-state index is 0.0632. The van der Waals surface area contributed by atoms with Gasteiger partial charge in [-0.1, -0.05) is 30.3 Å². The lowest BCUT2D eigenvalue weighted by Crippen LogP contribution is -2.54. The Morgan fingerprint density at radius 3 is 2.11 bits per heavy atom. The third-order valence-electron chi connectivity index (χ3n) is 3.61. The highest BCUT2D eigenvalue weighted by atomic mass is 16.5. The second-order valence-electron chi connectivity index (χ2n) is 4.66. The maximum atomic E-state index is 12.3. The number of ketones is 1. The van der Waals surface area contributed by atoms with Gasteiger partial charge in [0.25, 0.3) is 0 Å². The second kappa shape index (κ2) is 7.04. The molecule has 0 saturated heterocycles. The van der Waals surface area contributed by atoms with Gasteiger partial charge in [-0.3, -0.25) is 4.79 Å². The lowest BCUT2D eigenvalue weighted by molar-refractivity contribution is -0.910. The Balaban J connectivity index is 2.84. The number of methoxy groups -OCH3 is 1. The predicted octanol–water partition coefficient (Wildman–Crippen LogP) is 1.90. The first-order valence-corrected chi connectivity index (χ1v) is 6.57. The first-order chi connectivity index (χ1) is 9.06. The Hall–Kier alpha value is -1.68. The van der Waals surface area contributed by atoms with Gasteiger partial charge < -0.3 is 9.22 Å². The van der Waals surface area contributed by atoms with E-state index in [1.807, 2.05) is 32.0 Å². The van der Waals surface area contributed by atoms with Crippen LogP contribution in [0.15, 0.2) is 30.3 Å². The van der Waals surface area contributed by atoms with Crippen molar-refractivity contribution in [2.45, 2.75) is 13.8 Å². The summed E-state index contributed by atoms with van der Waals surface area (Å²) in [6, 6.07) is 9.19. The molecule has 1 aromatic carbocycles. The van der Waals surface area contributed by atoms with E-state index in [1.165, 1.54) is 7.11 Å². The van der Waals surface area contributed by atoms with E-state index in [2.05, 4.69) is 0 Å². The van der Waals surface area contributed by atoms with Crippen LogP contribution in [-0.2, 0) is 9.53 Å². The molecule has 0 aromatic heterocycles. The summed E-state index contributed by atoms with van der Waals surface area (Å²) in [5.41, 5.74) is 0.691. The lowest BCUT2D eigenvalue weighted by Gasteiger charge is -2.34. The average Bonchev–Trinajstić information content (AvgIpc) is 2.47. The zero-order chi connectivity index (χ0) is 14.3. The number of ether oxygens (including phenoxy) is 1. The van der Waals surface area contributed by atoms with Crippen LogP contribution in [0.25, 0.3) is 0 Å². The summed E-state index contributed by atoms with van der Waals surface area (Å²) in [5, 5.41) is 0. The van der Waals surface area contributed by atoms with Gasteiger partial charge in [-0.15, -0.1) is 0 Å². The van der Waals surface area contributed by atoms with Crippen molar-refractivity contribution >= 4 is 11.8 Å². The first-order valence-electron chi connectivity index (χ1n) is 6.57. The van der Waals surface area contributed by atoms with Crippen molar-refractivity contribution < 1.29 is 18.8 Å². The van der Waals surface area contributed by atoms with Gasteiger partial charge in [-0.2, -0.15) is 0 Å². The quantitative estimate of drug-likeness (QED) is 0.429. The SMILES string of the molecule is CC[N+](CC)(CC(=O)OC)CC(=O)c1ccccc1. The fourth-order valence-electron chi connectivity index (χ4n) is 2.09. The zero-order valence-corrected chi connectivity index (χ0v) is 11.9. The van der Waals surface area contributed by atoms with Crippen molar-refractivity contribution in [2.24, 2.45) is 0 Å². The molecule has 1 aromatic rings. The van der Waals surface area contributed by atoms with Crippen molar-refractivity contribution in [3.05, 3.63) is 35.9 Å². The smallest absolute Gasteiger partial charge is 0.361 e. The number of quaternary nitrogens is 1. The Kier molecular flexibility index (Phi) is 5.70. The lowest BCUT2D eigenvalue weighted by atomic mass is 10.1. The van der Waals surface area contributed by atoms with Crippen LogP contribution in [0.2, 0.25) is 0 Å². The van der Waals surface area contributed by atoms with Crippen LogP contribution in [0.3, 0.4) is 0 Å². The van der Waals surface area contributed by atoms with E-state index < -0.39 is 0 Å². The molecular formula is C15H22NO3+. The second-order valence-corrected chi connectivity index (χ2v) is 4.66. The van der Waals surface area contributed by atoms with Gasteiger partial charge in [-0.05, 0) is 13.8 Å². The summed E-state index contributed by atoms with van der Waals surface area (Å²) in [5.74, 6) is -0.210. The Morgan fingerprint density at radius 2 is 1.63 bits per heavy atom. The molecule has 0 aliphatic carbocycles. The van der Waals surface area contributed by atoms with Gasteiger partial charge in [0.2, 0.25) is 5.78 Å². The molecule has 0 aliphatic rings. The number of esters is 1. The molecule has 104 valence electrons. The topological polar surface area (TPSA) is 43.4 Å². The van der Waals surface area contributed by atoms with Crippen LogP contribution in [0, 0.1) is 0 Å². The molecule has 1 rings (SSSR count). The van der Waals surface area contributed by atoms with Gasteiger partial charge in [0.15, 0.2) is 6.54 Å². The minimum Gasteiger partial charge on any atom is -0.465 e. The van der Waals surface area contributed by atoms with Crippen molar-refractivity contribution in [3.8, 4) is 0 Å². The summed E-state index contributed by atoms with van der Waals surface area (Å²) in [4.78, 5) is 23.8. The number of carbonyl (C=O) groups is 2. The Morgan fingerprint density at radius 1 is 1.05 bits per heavy atom. The molecule has 0 saturated carbocycles. The van der Waals surface area contributed by atoms with Crippen molar-refractivity contribution in [2.75, 3.05) is 33.3 Å². The highest BCUT2D eigenvalue weighted by Gasteiger charge is 2.30. The molecule has 0 atom stereocenters. The van der Waals surface area contributed by atoms with Gasteiger partial charge in [0.1, 0.15) is 6.54 Å². The van der Waals surface area contributed by atoms with Crippen LogP contribution in [-0.4, -0.2) is 49.5 Å². The summed E-state index contributed by atoms with van der Waals surface area (Å²) >= 11 is 0. The number of nitrogens with zero attached hydrogens (tertiary/aromatic N) is 1. The number of benzene rings is 1. The highest BCUT2D eigenvalue weighted by molar-refractivity contribution is 5.97. The van der Waals surface area contributed by atoms with Crippen LogP contribution >= 0.6 is 0 Å². The molecule has 0 aliphatic heterocycles. The molecule has 0 unspecified atom stereocenters. The fourth-order valence-corrected chi connectivity index (χ4v) is 2.09. The molecule has 0 fully saturated rings. The molecule has 0 N–H and O–H groups in total. The normalized spacial score (nSPS) is 11.1. The summed E-state index contributed by atoms with van der Waals surface area (Å²) < 4.78 is 5.16. The maximum Gasteiger partial charge on any atom is 0.361 e. The van der Waals surface area contributed by atoms with Gasteiger partial charge >= 0.3 is 5.97 Å². The predicted molar refractivity (Wildman–Crippen MR) is 73.9 cm³/mol. The van der Waals surface area contributed by atoms with E-state index in [1.54, 1.807) is 12.1 Å². The van der Waals surface area contributed by atoms with Gasteiger partial charge in [-0.25, -0.2) is 4.79 Å². The molecule has 4 heteroatoms. The molecule has 0 radical (unpaired) electrons. The highest BCUT2D eigenvalue weighted by Crippen LogP contribution is 2.10. The van der Waals surface area contributed by atoms with E-state index in [9.17, 15) is 9.59 Å². The van der Waals surface area contributed by atoms with Crippen molar-refractivity contribution in [3.63, 3.8) is 0 Å². The third-order valence-corrected chi connectivity index (χ3v) is 3.61. The molecule has 0 bridgehead atoms. The number of hydrogen-bond acceptors (Lipinski definition) is 3. The summed E-state index contributed by atoms with van der Waals surface area (Å²) in [6.45, 7) is 6.00. The molecule has 0 amide bonds. The van der Waals surface area contributed by atoms with Gasteiger partial charge in [0.05, 0.1) is 20.2 Å². The van der Waals surface area contributed by atoms with Crippen LogP contribution in [0.4, 0.5) is 0 Å². The first kappa shape index (κ1) is 15.4. The third kappa shape index (κ3) is 4.17. The number of Topliss-reactive ketones (excluding diaryl/α,β-unsaturated/α-hetero) is 1. The Bertz CT molecular complexity index is 424. The summed E-state index contributed by atoms with van der Waals surface area (Å²) in [6.07, 6.45) is 0. The van der Waals surface area contributed by atoms with E-state index in [-0.39, 0.29) is 18.3 Å². The fraction of sp³-hybridized carbons (Fsp3) is 0.467. The molecular weight excluding hydrogens is 242 g/mol. The standard InChI is InChI=1S/C15H22NO3/c1-4-16(5-2,12-15(18)19-3)11-14(17)13-9-7-6-8-10-13/h6-10H,4-5,11-12H2,1-3H3/q+1. The number of rotatable bonds is 7. The monoisotopic (exact) mass is 264 g/mol. The van der Waals surface area contributed by atoms with Gasteiger partial charge in [0, 0.05) is 5.56 Å². The molecule has 0 spiro atoms. The summed E-state index contributed by atoms with van der Waals surface area (Å²) in [7, 11) is 1.38.